The van der Waals surface area contributed by atoms with Crippen LogP contribution in [0.1, 0.15) is 28.8 Å². The number of nitriles is 1. The smallest absolute Gasteiger partial charge is 0.253 e. The standard InChI is InChI=1S/C20H18FIN2O2/c21-18-2-1-3-19(17(18)12-23)26-13-14-8-10-24(11-9-14)20(25)15-4-6-16(22)7-5-15/h1-7,14H,8-11,13H2. The minimum absolute atomic E-state index is 0.0534. The molecule has 0 spiro atoms. The molecule has 134 valence electrons. The second kappa shape index (κ2) is 8.49. The van der Waals surface area contributed by atoms with Crippen LogP contribution in [0.3, 0.4) is 0 Å². The van der Waals surface area contributed by atoms with Crippen molar-refractivity contribution in [3.63, 3.8) is 0 Å². The van der Waals surface area contributed by atoms with E-state index in [1.807, 2.05) is 35.2 Å². The first-order chi connectivity index (χ1) is 12.6. The van der Waals surface area contributed by atoms with E-state index >= 15 is 0 Å². The van der Waals surface area contributed by atoms with Crippen LogP contribution < -0.4 is 4.74 Å². The lowest BCUT2D eigenvalue weighted by atomic mass is 9.97. The highest BCUT2D eigenvalue weighted by molar-refractivity contribution is 14.1. The molecule has 1 fully saturated rings. The first-order valence-corrected chi connectivity index (χ1v) is 9.52. The predicted molar refractivity (Wildman–Crippen MR) is 104 cm³/mol. The van der Waals surface area contributed by atoms with Crippen LogP contribution in [0.2, 0.25) is 0 Å². The summed E-state index contributed by atoms with van der Waals surface area (Å²) in [6.07, 6.45) is 1.65. The topological polar surface area (TPSA) is 53.3 Å². The lowest BCUT2D eigenvalue weighted by Crippen LogP contribution is -2.39. The van der Waals surface area contributed by atoms with E-state index in [-0.39, 0.29) is 23.1 Å². The second-order valence-electron chi connectivity index (χ2n) is 6.28. The van der Waals surface area contributed by atoms with E-state index in [0.717, 1.165) is 16.4 Å². The normalized spacial score (nSPS) is 14.7. The monoisotopic (exact) mass is 464 g/mol. The van der Waals surface area contributed by atoms with Crippen molar-refractivity contribution in [3.8, 4) is 11.8 Å². The molecule has 0 radical (unpaired) electrons. The summed E-state index contributed by atoms with van der Waals surface area (Å²) in [6, 6.07) is 13.8. The van der Waals surface area contributed by atoms with E-state index in [1.54, 1.807) is 6.07 Å². The average molecular weight is 464 g/mol. The molecule has 1 saturated heterocycles. The number of hydrogen-bond acceptors (Lipinski definition) is 3. The van der Waals surface area contributed by atoms with Gasteiger partial charge in [0.2, 0.25) is 0 Å². The van der Waals surface area contributed by atoms with Gasteiger partial charge in [0, 0.05) is 22.2 Å². The number of likely N-dealkylation sites (tertiary alicyclic amines) is 1. The lowest BCUT2D eigenvalue weighted by Gasteiger charge is -2.32. The van der Waals surface area contributed by atoms with Gasteiger partial charge in [0.25, 0.3) is 5.91 Å². The van der Waals surface area contributed by atoms with Gasteiger partial charge in [-0.05, 0) is 77.7 Å². The van der Waals surface area contributed by atoms with Crippen LogP contribution in [0.15, 0.2) is 42.5 Å². The molecule has 1 aliphatic heterocycles. The molecule has 2 aromatic rings. The summed E-state index contributed by atoms with van der Waals surface area (Å²) in [4.78, 5) is 14.4. The van der Waals surface area contributed by atoms with Crippen molar-refractivity contribution in [1.29, 1.82) is 5.26 Å². The maximum atomic E-state index is 13.6. The van der Waals surface area contributed by atoms with Crippen molar-refractivity contribution in [3.05, 3.63) is 63.0 Å². The molecule has 0 aromatic heterocycles. The number of benzene rings is 2. The Hall–Kier alpha value is -2.14. The molecular formula is C20H18FIN2O2. The zero-order valence-electron chi connectivity index (χ0n) is 14.1. The Morgan fingerprint density at radius 1 is 1.23 bits per heavy atom. The van der Waals surface area contributed by atoms with Gasteiger partial charge in [0.1, 0.15) is 23.2 Å². The van der Waals surface area contributed by atoms with Gasteiger partial charge in [-0.15, -0.1) is 0 Å². The molecule has 1 heterocycles. The third-order valence-corrected chi connectivity index (χ3v) is 5.27. The Kier molecular flexibility index (Phi) is 6.09. The summed E-state index contributed by atoms with van der Waals surface area (Å²) in [5.74, 6) is 0.0519. The molecule has 1 aliphatic rings. The average Bonchev–Trinajstić information content (AvgIpc) is 2.67. The van der Waals surface area contributed by atoms with Gasteiger partial charge >= 0.3 is 0 Å². The van der Waals surface area contributed by atoms with Crippen molar-refractivity contribution in [2.45, 2.75) is 12.8 Å². The van der Waals surface area contributed by atoms with E-state index in [4.69, 9.17) is 10.00 Å². The molecule has 0 N–H and O–H groups in total. The van der Waals surface area contributed by atoms with Crippen LogP contribution in [-0.2, 0) is 0 Å². The van der Waals surface area contributed by atoms with Crippen LogP contribution in [0.4, 0.5) is 4.39 Å². The molecular weight excluding hydrogens is 446 g/mol. The molecule has 4 nitrogen and oxygen atoms in total. The van der Waals surface area contributed by atoms with Gasteiger partial charge in [0.05, 0.1) is 6.61 Å². The van der Waals surface area contributed by atoms with Crippen molar-refractivity contribution in [2.75, 3.05) is 19.7 Å². The van der Waals surface area contributed by atoms with Gasteiger partial charge in [-0.2, -0.15) is 5.26 Å². The zero-order chi connectivity index (χ0) is 18.5. The number of halogens is 2. The SMILES string of the molecule is N#Cc1c(F)cccc1OCC1CCN(C(=O)c2ccc(I)cc2)CC1. The fourth-order valence-corrected chi connectivity index (χ4v) is 3.38. The van der Waals surface area contributed by atoms with Gasteiger partial charge in [-0.25, -0.2) is 4.39 Å². The highest BCUT2D eigenvalue weighted by Gasteiger charge is 2.24. The molecule has 0 aliphatic carbocycles. The minimum Gasteiger partial charge on any atom is -0.492 e. The van der Waals surface area contributed by atoms with Gasteiger partial charge < -0.3 is 9.64 Å². The molecule has 6 heteroatoms. The van der Waals surface area contributed by atoms with E-state index in [9.17, 15) is 9.18 Å². The Morgan fingerprint density at radius 2 is 1.92 bits per heavy atom. The molecule has 0 atom stereocenters. The van der Waals surface area contributed by atoms with E-state index < -0.39 is 5.82 Å². The summed E-state index contributed by atoms with van der Waals surface area (Å²) in [5, 5.41) is 9.04. The van der Waals surface area contributed by atoms with Crippen molar-refractivity contribution >= 4 is 28.5 Å². The Balaban J connectivity index is 1.53. The minimum atomic E-state index is -0.567. The third kappa shape index (κ3) is 4.33. The lowest BCUT2D eigenvalue weighted by molar-refractivity contribution is 0.0661. The number of piperidine rings is 1. The predicted octanol–water partition coefficient (Wildman–Crippen LogP) is 4.23. The summed E-state index contributed by atoms with van der Waals surface area (Å²) in [6.45, 7) is 1.77. The van der Waals surface area contributed by atoms with Crippen molar-refractivity contribution in [2.24, 2.45) is 5.92 Å². The van der Waals surface area contributed by atoms with E-state index in [2.05, 4.69) is 22.6 Å². The number of carbonyl (C=O) groups is 1. The van der Waals surface area contributed by atoms with Crippen LogP contribution in [0.25, 0.3) is 0 Å². The highest BCUT2D eigenvalue weighted by atomic mass is 127. The zero-order valence-corrected chi connectivity index (χ0v) is 16.3. The molecule has 3 rings (SSSR count). The van der Waals surface area contributed by atoms with Crippen LogP contribution >= 0.6 is 22.6 Å². The number of nitrogens with zero attached hydrogens (tertiary/aromatic N) is 2. The van der Waals surface area contributed by atoms with Gasteiger partial charge in [-0.1, -0.05) is 6.07 Å². The Labute approximate surface area is 165 Å². The van der Waals surface area contributed by atoms with Gasteiger partial charge in [0.15, 0.2) is 0 Å². The van der Waals surface area contributed by atoms with Gasteiger partial charge in [-0.3, -0.25) is 4.79 Å². The number of amides is 1. The number of rotatable bonds is 4. The summed E-state index contributed by atoms with van der Waals surface area (Å²) < 4.78 is 20.4. The van der Waals surface area contributed by atoms with Crippen LogP contribution in [-0.4, -0.2) is 30.5 Å². The Morgan fingerprint density at radius 3 is 2.58 bits per heavy atom. The summed E-state index contributed by atoms with van der Waals surface area (Å²) in [7, 11) is 0. The van der Waals surface area contributed by atoms with E-state index in [0.29, 0.717) is 25.3 Å². The number of ether oxygens (including phenoxy) is 1. The van der Waals surface area contributed by atoms with Crippen molar-refractivity contribution < 1.29 is 13.9 Å². The van der Waals surface area contributed by atoms with Crippen molar-refractivity contribution in [1.82, 2.24) is 4.90 Å². The number of carbonyl (C=O) groups excluding carboxylic acids is 1. The second-order valence-corrected chi connectivity index (χ2v) is 7.52. The fraction of sp³-hybridized carbons (Fsp3) is 0.300. The number of hydrogen-bond donors (Lipinski definition) is 0. The quantitative estimate of drug-likeness (QED) is 0.637. The van der Waals surface area contributed by atoms with E-state index in [1.165, 1.54) is 12.1 Å². The third-order valence-electron chi connectivity index (χ3n) is 4.55. The fourth-order valence-electron chi connectivity index (χ4n) is 3.02. The maximum absolute atomic E-state index is 13.6. The largest absolute Gasteiger partial charge is 0.492 e. The highest BCUT2D eigenvalue weighted by Crippen LogP contribution is 2.24. The molecule has 0 bridgehead atoms. The first kappa shape index (κ1) is 18.6. The molecule has 26 heavy (non-hydrogen) atoms. The Bertz CT molecular complexity index is 825. The molecule has 1 amide bonds. The summed E-state index contributed by atoms with van der Waals surface area (Å²) >= 11 is 2.22. The van der Waals surface area contributed by atoms with Crippen LogP contribution in [0.5, 0.6) is 5.75 Å². The first-order valence-electron chi connectivity index (χ1n) is 8.44. The molecule has 0 saturated carbocycles. The molecule has 0 unspecified atom stereocenters. The van der Waals surface area contributed by atoms with Crippen LogP contribution in [0, 0.1) is 26.6 Å². The molecule has 2 aromatic carbocycles. The summed E-state index contributed by atoms with van der Waals surface area (Å²) in [5.41, 5.74) is 0.650. The maximum Gasteiger partial charge on any atom is 0.253 e.